The number of rotatable bonds is 5. The Hall–Kier alpha value is -2.80. The number of thiazole rings is 1. The fraction of sp³-hybridized carbons (Fsp3) is 0.300. The number of fused-ring (bicyclic) bond motifs is 1. The van der Waals surface area contributed by atoms with E-state index in [9.17, 15) is 0 Å². The molecule has 0 saturated carbocycles. The highest BCUT2D eigenvalue weighted by atomic mass is 32.1. The number of hydrogen-bond acceptors (Lipinski definition) is 6. The lowest BCUT2D eigenvalue weighted by Gasteiger charge is -2.13. The van der Waals surface area contributed by atoms with E-state index in [1.165, 1.54) is 11.3 Å². The number of aromatic nitrogens is 5. The number of nitrogens with zero attached hydrogens (tertiary/aromatic N) is 5. The van der Waals surface area contributed by atoms with Gasteiger partial charge in [-0.25, -0.2) is 9.97 Å². The molecule has 0 unspecified atom stereocenters. The Kier molecular flexibility index (Phi) is 4.61. The third kappa shape index (κ3) is 3.83. The van der Waals surface area contributed by atoms with Gasteiger partial charge in [-0.1, -0.05) is 51.1 Å². The predicted octanol–water partition coefficient (Wildman–Crippen LogP) is 4.20. The number of hydrogen-bond donors (Lipinski definition) is 1. The van der Waals surface area contributed by atoms with Gasteiger partial charge in [0.1, 0.15) is 12.1 Å². The second-order valence-corrected chi connectivity index (χ2v) is 8.29. The molecule has 0 aliphatic heterocycles. The minimum Gasteiger partial charge on any atom is -0.369 e. The Morgan fingerprint density at radius 3 is 2.67 bits per heavy atom. The van der Waals surface area contributed by atoms with Crippen LogP contribution in [0.25, 0.3) is 17.0 Å². The van der Waals surface area contributed by atoms with E-state index < -0.39 is 0 Å². The summed E-state index contributed by atoms with van der Waals surface area (Å²) < 4.78 is 1.73. The molecule has 4 aromatic rings. The second kappa shape index (κ2) is 7.08. The van der Waals surface area contributed by atoms with Crippen molar-refractivity contribution in [2.75, 3.05) is 11.9 Å². The van der Waals surface area contributed by atoms with Crippen LogP contribution >= 0.6 is 11.3 Å². The zero-order chi connectivity index (χ0) is 18.9. The molecular formula is C20H22N6S. The summed E-state index contributed by atoms with van der Waals surface area (Å²) >= 11 is 1.73. The van der Waals surface area contributed by atoms with Gasteiger partial charge in [0.2, 0.25) is 0 Å². The summed E-state index contributed by atoms with van der Waals surface area (Å²) in [4.78, 5) is 13.6. The summed E-state index contributed by atoms with van der Waals surface area (Å²) in [6.07, 6.45) is 2.38. The van der Waals surface area contributed by atoms with Gasteiger partial charge in [-0.05, 0) is 0 Å². The molecule has 0 radical (unpaired) electrons. The molecule has 0 saturated heterocycles. The molecule has 6 nitrogen and oxygen atoms in total. The monoisotopic (exact) mass is 378 g/mol. The highest BCUT2D eigenvalue weighted by molar-refractivity contribution is 7.09. The highest BCUT2D eigenvalue weighted by Gasteiger charge is 2.17. The topological polar surface area (TPSA) is 68.0 Å². The third-order valence-corrected chi connectivity index (χ3v) is 5.52. The maximum Gasteiger partial charge on any atom is 0.254 e. The van der Waals surface area contributed by atoms with Gasteiger partial charge in [0.15, 0.2) is 0 Å². The van der Waals surface area contributed by atoms with Crippen LogP contribution in [0.5, 0.6) is 0 Å². The minimum absolute atomic E-state index is 0.0962. The maximum atomic E-state index is 4.76. The molecule has 7 heteroatoms. The van der Waals surface area contributed by atoms with Gasteiger partial charge in [-0.15, -0.1) is 11.3 Å². The SMILES string of the molecule is CC(C)(C)c1nc(CCNc2cc(-c3ccccc3)nc3ncnn23)cs1. The molecule has 1 N–H and O–H groups in total. The molecule has 0 atom stereocenters. The molecule has 3 aromatic heterocycles. The summed E-state index contributed by atoms with van der Waals surface area (Å²) in [5.41, 5.74) is 3.14. The molecule has 1 aromatic carbocycles. The molecule has 138 valence electrons. The van der Waals surface area contributed by atoms with Gasteiger partial charge in [0, 0.05) is 35.4 Å². The van der Waals surface area contributed by atoms with Gasteiger partial charge >= 0.3 is 0 Å². The Morgan fingerprint density at radius 2 is 1.93 bits per heavy atom. The quantitative estimate of drug-likeness (QED) is 0.564. The minimum atomic E-state index is 0.0962. The van der Waals surface area contributed by atoms with E-state index in [1.54, 1.807) is 15.9 Å². The van der Waals surface area contributed by atoms with Crippen molar-refractivity contribution < 1.29 is 0 Å². The summed E-state index contributed by atoms with van der Waals surface area (Å²) in [6.45, 7) is 7.34. The van der Waals surface area contributed by atoms with E-state index in [1.807, 2.05) is 36.4 Å². The molecule has 0 bridgehead atoms. The largest absolute Gasteiger partial charge is 0.369 e. The fourth-order valence-corrected chi connectivity index (χ4v) is 3.72. The summed E-state index contributed by atoms with van der Waals surface area (Å²) in [6, 6.07) is 12.1. The molecular weight excluding hydrogens is 356 g/mol. The van der Waals surface area contributed by atoms with Crippen LogP contribution in [-0.4, -0.2) is 31.1 Å². The van der Waals surface area contributed by atoms with E-state index in [2.05, 4.69) is 46.5 Å². The molecule has 0 aliphatic carbocycles. The van der Waals surface area contributed by atoms with Crippen LogP contribution in [-0.2, 0) is 11.8 Å². The Morgan fingerprint density at radius 1 is 1.11 bits per heavy atom. The second-order valence-electron chi connectivity index (χ2n) is 7.44. The molecule has 0 fully saturated rings. The maximum absolute atomic E-state index is 4.76. The van der Waals surface area contributed by atoms with Crippen molar-refractivity contribution in [3.8, 4) is 11.3 Å². The van der Waals surface area contributed by atoms with Crippen molar-refractivity contribution in [3.05, 3.63) is 58.8 Å². The highest BCUT2D eigenvalue weighted by Crippen LogP contribution is 2.26. The van der Waals surface area contributed by atoms with E-state index in [0.29, 0.717) is 5.78 Å². The van der Waals surface area contributed by atoms with Crippen molar-refractivity contribution >= 4 is 22.9 Å². The molecule has 27 heavy (non-hydrogen) atoms. The van der Waals surface area contributed by atoms with Crippen molar-refractivity contribution in [2.24, 2.45) is 0 Å². The fourth-order valence-electron chi connectivity index (χ4n) is 2.78. The zero-order valence-electron chi connectivity index (χ0n) is 15.7. The summed E-state index contributed by atoms with van der Waals surface area (Å²) in [5.74, 6) is 1.46. The first-order valence-electron chi connectivity index (χ1n) is 8.96. The predicted molar refractivity (Wildman–Crippen MR) is 109 cm³/mol. The number of anilines is 1. The Bertz CT molecular complexity index is 1050. The molecule has 0 amide bonds. The average molecular weight is 379 g/mol. The van der Waals surface area contributed by atoms with Gasteiger partial charge in [-0.2, -0.15) is 14.6 Å². The first kappa shape index (κ1) is 17.6. The first-order chi connectivity index (χ1) is 13.0. The first-order valence-corrected chi connectivity index (χ1v) is 9.83. The van der Waals surface area contributed by atoms with E-state index in [0.717, 1.165) is 35.7 Å². The molecule has 0 aliphatic rings. The normalized spacial score (nSPS) is 11.8. The van der Waals surface area contributed by atoms with Gasteiger partial charge in [0.25, 0.3) is 5.78 Å². The van der Waals surface area contributed by atoms with E-state index in [-0.39, 0.29) is 5.41 Å². The lowest BCUT2D eigenvalue weighted by Crippen LogP contribution is -2.12. The lowest BCUT2D eigenvalue weighted by atomic mass is 9.98. The van der Waals surface area contributed by atoms with Crippen LogP contribution in [0.2, 0.25) is 0 Å². The van der Waals surface area contributed by atoms with Gasteiger partial charge in [-0.3, -0.25) is 0 Å². The van der Waals surface area contributed by atoms with Crippen molar-refractivity contribution in [1.29, 1.82) is 0 Å². The third-order valence-electron chi connectivity index (χ3n) is 4.20. The number of benzene rings is 1. The van der Waals surface area contributed by atoms with Gasteiger partial charge < -0.3 is 5.32 Å². The lowest BCUT2D eigenvalue weighted by molar-refractivity contribution is 0.583. The van der Waals surface area contributed by atoms with Crippen LogP contribution < -0.4 is 5.32 Å². The smallest absolute Gasteiger partial charge is 0.254 e. The van der Waals surface area contributed by atoms with Crippen LogP contribution in [0.4, 0.5) is 5.82 Å². The van der Waals surface area contributed by atoms with Crippen LogP contribution in [0, 0.1) is 0 Å². The summed E-state index contributed by atoms with van der Waals surface area (Å²) in [7, 11) is 0. The van der Waals surface area contributed by atoms with Crippen molar-refractivity contribution in [3.63, 3.8) is 0 Å². The molecule has 0 spiro atoms. The standard InChI is InChI=1S/C20H22N6S/c1-20(2,3)18-24-15(12-27-18)9-10-21-17-11-16(14-7-5-4-6-8-14)25-19-22-13-23-26(17)19/h4-8,11-13,21H,9-10H2,1-3H3. The van der Waals surface area contributed by atoms with Crippen molar-refractivity contribution in [2.45, 2.75) is 32.6 Å². The van der Waals surface area contributed by atoms with Crippen LogP contribution in [0.3, 0.4) is 0 Å². The number of nitrogens with one attached hydrogen (secondary N) is 1. The van der Waals surface area contributed by atoms with E-state index >= 15 is 0 Å². The van der Waals surface area contributed by atoms with Crippen LogP contribution in [0.1, 0.15) is 31.5 Å². The Labute approximate surface area is 162 Å². The zero-order valence-corrected chi connectivity index (χ0v) is 16.5. The average Bonchev–Trinajstić information content (AvgIpc) is 3.31. The van der Waals surface area contributed by atoms with Crippen molar-refractivity contribution in [1.82, 2.24) is 24.6 Å². The molecule has 3 heterocycles. The van der Waals surface area contributed by atoms with Gasteiger partial charge in [0.05, 0.1) is 16.4 Å². The summed E-state index contributed by atoms with van der Waals surface area (Å²) in [5, 5.41) is 11.1. The molecule has 4 rings (SSSR count). The van der Waals surface area contributed by atoms with E-state index in [4.69, 9.17) is 4.98 Å². The Balaban J connectivity index is 1.53. The van der Waals surface area contributed by atoms with Crippen LogP contribution in [0.15, 0.2) is 48.1 Å².